The zero-order chi connectivity index (χ0) is 28.6. The number of benzene rings is 2. The second-order valence-electron chi connectivity index (χ2n) is 9.25. The van der Waals surface area contributed by atoms with E-state index in [0.29, 0.717) is 32.4 Å². The number of amides is 2. The average molecular weight is 588 g/mol. The van der Waals surface area contributed by atoms with E-state index in [1.807, 2.05) is 6.07 Å². The number of nitriles is 2. The predicted octanol–water partition coefficient (Wildman–Crippen LogP) is 5.91. The number of hydrogen-bond acceptors (Lipinski definition) is 8. The van der Waals surface area contributed by atoms with Gasteiger partial charge in [-0.05, 0) is 78.4 Å². The largest absolute Gasteiger partial charge is 0.383 e. The van der Waals surface area contributed by atoms with Crippen LogP contribution in [0.1, 0.15) is 57.8 Å². The van der Waals surface area contributed by atoms with Crippen LogP contribution in [0.4, 0.5) is 11.5 Å². The molecule has 1 unspecified atom stereocenters. The molecule has 40 heavy (non-hydrogen) atoms. The number of thioether (sulfide) groups is 1. The molecule has 198 valence electrons. The number of nitrogens with zero attached hydrogens (tertiary/aromatic N) is 4. The summed E-state index contributed by atoms with van der Waals surface area (Å²) in [6.07, 6.45) is 4.55. The SMILES string of the molecule is N#Cc1c(N)nc(SC2CC(=O)N(c3ccc(C(=O)/C=C/c4ccc(Cl)cc4Cl)cc3)C2=O)c(C#N)c1C1CC1. The Morgan fingerprint density at radius 3 is 2.40 bits per heavy atom. The zero-order valence-corrected chi connectivity index (χ0v) is 23.1. The minimum atomic E-state index is -0.820. The first-order valence-electron chi connectivity index (χ1n) is 12.2. The number of hydrogen-bond donors (Lipinski definition) is 1. The van der Waals surface area contributed by atoms with Crippen LogP contribution >= 0.6 is 35.0 Å². The summed E-state index contributed by atoms with van der Waals surface area (Å²) in [6.45, 7) is 0. The maximum Gasteiger partial charge on any atom is 0.247 e. The Balaban J connectivity index is 1.33. The normalized spacial score (nSPS) is 16.8. The van der Waals surface area contributed by atoms with Crippen molar-refractivity contribution in [3.05, 3.63) is 86.4 Å². The standard InChI is InChI=1S/C29H19Cl2N5O3S/c30-18-7-3-15(22(31)11-18)6-10-23(37)16-4-8-19(9-5-16)36-25(38)12-24(29(36)39)40-28-21(14-33)26(17-1-2-17)20(13-32)27(34)35-28/h3-11,17,24H,1-2,12H2,(H2,34,35)/b10-6+. The van der Waals surface area contributed by atoms with Crippen LogP contribution < -0.4 is 10.6 Å². The fraction of sp³-hybridized carbons (Fsp3) is 0.172. The van der Waals surface area contributed by atoms with E-state index in [1.54, 1.807) is 24.3 Å². The molecule has 1 saturated carbocycles. The van der Waals surface area contributed by atoms with E-state index in [9.17, 15) is 24.9 Å². The molecule has 2 aliphatic rings. The molecule has 8 nitrogen and oxygen atoms in total. The highest BCUT2D eigenvalue weighted by Crippen LogP contribution is 2.47. The first-order chi connectivity index (χ1) is 19.2. The highest BCUT2D eigenvalue weighted by Gasteiger charge is 2.42. The number of carbonyl (C=O) groups excluding carboxylic acids is 3. The molecule has 2 aromatic carbocycles. The molecule has 2 N–H and O–H groups in total. The maximum absolute atomic E-state index is 13.3. The second-order valence-corrected chi connectivity index (χ2v) is 11.3. The Bertz CT molecular complexity index is 1690. The summed E-state index contributed by atoms with van der Waals surface area (Å²) in [7, 11) is 0. The van der Waals surface area contributed by atoms with E-state index in [4.69, 9.17) is 28.9 Å². The summed E-state index contributed by atoms with van der Waals surface area (Å²) in [5.41, 5.74) is 8.33. The van der Waals surface area contributed by atoms with Crippen molar-refractivity contribution in [2.45, 2.75) is 35.5 Å². The van der Waals surface area contributed by atoms with Gasteiger partial charge in [-0.25, -0.2) is 9.88 Å². The van der Waals surface area contributed by atoms with Crippen molar-refractivity contribution in [3.63, 3.8) is 0 Å². The third kappa shape index (κ3) is 5.32. The molecule has 1 aliphatic heterocycles. The van der Waals surface area contributed by atoms with Crippen molar-refractivity contribution in [1.29, 1.82) is 10.5 Å². The minimum absolute atomic E-state index is 0.00664. The molecule has 2 heterocycles. The Kier molecular flexibility index (Phi) is 7.64. The van der Waals surface area contributed by atoms with E-state index in [-0.39, 0.29) is 40.1 Å². The Labute approximate surface area is 244 Å². The average Bonchev–Trinajstić information content (AvgIpc) is 3.73. The molecule has 3 aromatic rings. The summed E-state index contributed by atoms with van der Waals surface area (Å²) in [5, 5.41) is 19.7. The predicted molar refractivity (Wildman–Crippen MR) is 153 cm³/mol. The lowest BCUT2D eigenvalue weighted by molar-refractivity contribution is -0.121. The number of carbonyl (C=O) groups is 3. The number of rotatable bonds is 7. The minimum Gasteiger partial charge on any atom is -0.383 e. The summed E-state index contributed by atoms with van der Waals surface area (Å²) in [5.74, 6) is -1.10. The van der Waals surface area contributed by atoms with Crippen molar-refractivity contribution < 1.29 is 14.4 Å². The summed E-state index contributed by atoms with van der Waals surface area (Å²) >= 11 is 13.1. The number of pyridine rings is 1. The Morgan fingerprint density at radius 2 is 1.77 bits per heavy atom. The molecule has 1 atom stereocenters. The second kappa shape index (κ2) is 11.1. The quantitative estimate of drug-likeness (QED) is 0.204. The van der Waals surface area contributed by atoms with Gasteiger partial charge in [-0.15, -0.1) is 0 Å². The summed E-state index contributed by atoms with van der Waals surface area (Å²) in [4.78, 5) is 44.1. The maximum atomic E-state index is 13.3. The van der Waals surface area contributed by atoms with Gasteiger partial charge in [0, 0.05) is 22.0 Å². The van der Waals surface area contributed by atoms with Gasteiger partial charge in [0.15, 0.2) is 5.78 Å². The van der Waals surface area contributed by atoms with Crippen LogP contribution in [-0.4, -0.2) is 27.8 Å². The topological polar surface area (TPSA) is 141 Å². The van der Waals surface area contributed by atoms with Crippen LogP contribution in [0.25, 0.3) is 6.08 Å². The van der Waals surface area contributed by atoms with E-state index in [0.717, 1.165) is 29.5 Å². The monoisotopic (exact) mass is 587 g/mol. The zero-order valence-electron chi connectivity index (χ0n) is 20.7. The molecule has 0 radical (unpaired) electrons. The highest BCUT2D eigenvalue weighted by atomic mass is 35.5. The van der Waals surface area contributed by atoms with E-state index in [1.165, 1.54) is 30.3 Å². The Hall–Kier alpha value is -4.15. The Morgan fingerprint density at radius 1 is 1.07 bits per heavy atom. The van der Waals surface area contributed by atoms with Gasteiger partial charge in [0.25, 0.3) is 0 Å². The third-order valence-corrected chi connectivity index (χ3v) is 8.32. The highest BCUT2D eigenvalue weighted by molar-refractivity contribution is 8.00. The van der Waals surface area contributed by atoms with Crippen molar-refractivity contribution in [3.8, 4) is 12.1 Å². The molecule has 0 spiro atoms. The first-order valence-corrected chi connectivity index (χ1v) is 13.8. The number of nitrogens with two attached hydrogens (primary N) is 1. The molecule has 1 saturated heterocycles. The number of anilines is 2. The summed E-state index contributed by atoms with van der Waals surface area (Å²) < 4.78 is 0. The molecule has 2 amide bonds. The van der Waals surface area contributed by atoms with Crippen molar-refractivity contribution in [2.75, 3.05) is 10.6 Å². The van der Waals surface area contributed by atoms with Gasteiger partial charge >= 0.3 is 0 Å². The van der Waals surface area contributed by atoms with Gasteiger partial charge in [-0.3, -0.25) is 14.4 Å². The number of allylic oxidation sites excluding steroid dienone is 1. The fourth-order valence-corrected chi connectivity index (χ4v) is 6.06. The number of aromatic nitrogens is 1. The van der Waals surface area contributed by atoms with E-state index in [2.05, 4.69) is 11.1 Å². The van der Waals surface area contributed by atoms with Crippen LogP contribution in [0.15, 0.2) is 53.6 Å². The fourth-order valence-electron chi connectivity index (χ4n) is 4.47. The number of nitrogen functional groups attached to an aromatic ring is 1. The van der Waals surface area contributed by atoms with Crippen molar-refractivity contribution in [1.82, 2.24) is 4.98 Å². The van der Waals surface area contributed by atoms with Gasteiger partial charge in [-0.1, -0.05) is 41.0 Å². The van der Waals surface area contributed by atoms with Crippen LogP contribution in [0.3, 0.4) is 0 Å². The van der Waals surface area contributed by atoms with Crippen molar-refractivity contribution in [2.24, 2.45) is 0 Å². The van der Waals surface area contributed by atoms with Crippen LogP contribution in [-0.2, 0) is 9.59 Å². The van der Waals surface area contributed by atoms with Crippen LogP contribution in [0.5, 0.6) is 0 Å². The summed E-state index contributed by atoms with van der Waals surface area (Å²) in [6, 6.07) is 15.2. The first kappa shape index (κ1) is 27.4. The smallest absolute Gasteiger partial charge is 0.247 e. The number of halogens is 2. The van der Waals surface area contributed by atoms with Gasteiger partial charge in [0.05, 0.1) is 22.1 Å². The van der Waals surface area contributed by atoms with Crippen LogP contribution in [0, 0.1) is 22.7 Å². The van der Waals surface area contributed by atoms with Gasteiger partial charge in [0.1, 0.15) is 23.0 Å². The molecular weight excluding hydrogens is 569 g/mol. The number of imide groups is 1. The number of ketones is 1. The lowest BCUT2D eigenvalue weighted by Crippen LogP contribution is -2.31. The molecule has 0 bridgehead atoms. The molecule has 2 fully saturated rings. The van der Waals surface area contributed by atoms with Gasteiger partial charge in [0.2, 0.25) is 11.8 Å². The lowest BCUT2D eigenvalue weighted by atomic mass is 10.0. The third-order valence-electron chi connectivity index (χ3n) is 6.59. The van der Waals surface area contributed by atoms with E-state index < -0.39 is 17.1 Å². The molecular formula is C29H19Cl2N5O3S. The van der Waals surface area contributed by atoms with E-state index >= 15 is 0 Å². The molecule has 1 aliphatic carbocycles. The van der Waals surface area contributed by atoms with Crippen molar-refractivity contribution >= 4 is 70.1 Å². The van der Waals surface area contributed by atoms with Gasteiger partial charge in [-0.2, -0.15) is 10.5 Å². The molecule has 11 heteroatoms. The molecule has 1 aromatic heterocycles. The molecule has 5 rings (SSSR count). The lowest BCUT2D eigenvalue weighted by Gasteiger charge is -2.16. The van der Waals surface area contributed by atoms with Crippen LogP contribution in [0.2, 0.25) is 10.0 Å². The van der Waals surface area contributed by atoms with Gasteiger partial charge < -0.3 is 5.73 Å².